The van der Waals surface area contributed by atoms with Crippen molar-refractivity contribution >= 4 is 20.0 Å². The molecule has 1 radical (unpaired) electrons. The molecule has 3 N–H and O–H groups in total. The van der Waals surface area contributed by atoms with Crippen LogP contribution >= 0.6 is 0 Å². The molecule has 0 aromatic heterocycles. The summed E-state index contributed by atoms with van der Waals surface area (Å²) in [7, 11) is -5.73. The van der Waals surface area contributed by atoms with Crippen LogP contribution in [0.4, 0.5) is 0 Å². The zero-order valence-corrected chi connectivity index (χ0v) is 9.07. The van der Waals surface area contributed by atoms with Crippen LogP contribution in [-0.2, 0) is 50.7 Å². The fraction of sp³-hybridized carbons (Fsp3) is 0. The SMILES string of the molecule is O=S(=O)(O)O.O=[Si]OOO.[Zr]. The molecule has 0 saturated carbocycles. The fourth-order valence-electron chi connectivity index (χ4n) is 0.0152. The van der Waals surface area contributed by atoms with E-state index in [1.54, 1.807) is 0 Å². The second kappa shape index (κ2) is 10.5. The maximum Gasteiger partial charge on any atom is 0.632 e. The van der Waals surface area contributed by atoms with Crippen LogP contribution in [0, 0.1) is 0 Å². The van der Waals surface area contributed by atoms with Gasteiger partial charge in [-0.15, -0.1) is 0 Å². The van der Waals surface area contributed by atoms with Crippen molar-refractivity contribution in [3.8, 4) is 0 Å². The van der Waals surface area contributed by atoms with Crippen molar-refractivity contribution in [1.29, 1.82) is 0 Å². The molecule has 0 saturated heterocycles. The van der Waals surface area contributed by atoms with Crippen LogP contribution in [0.5, 0.6) is 0 Å². The van der Waals surface area contributed by atoms with Crippen LogP contribution in [-0.4, -0.2) is 32.4 Å². The normalized spacial score (nSPS) is 8.27. The van der Waals surface area contributed by atoms with Crippen LogP contribution < -0.4 is 0 Å². The Kier molecular flexibility index (Phi) is 16.7. The number of hydrogen-bond acceptors (Lipinski definition) is 6. The van der Waals surface area contributed by atoms with Gasteiger partial charge < -0.3 is 9.04 Å². The Bertz CT molecular complexity index is 151. The summed E-state index contributed by atoms with van der Waals surface area (Å²) in [4.78, 5) is 0. The van der Waals surface area contributed by atoms with Gasteiger partial charge in [0.15, 0.2) is 0 Å². The van der Waals surface area contributed by atoms with E-state index in [1.807, 2.05) is 0 Å². The van der Waals surface area contributed by atoms with Crippen molar-refractivity contribution in [2.45, 2.75) is 0 Å². The number of rotatable bonds is 2. The summed E-state index contributed by atoms with van der Waals surface area (Å²) in [6, 6.07) is 0. The average molecular weight is 282 g/mol. The maximum absolute atomic E-state index is 9.05. The molecule has 0 bridgehead atoms. The molecular formula is H3O8SSiZr. The molecule has 0 aromatic carbocycles. The van der Waals surface area contributed by atoms with Gasteiger partial charge in [0.2, 0.25) is 0 Å². The van der Waals surface area contributed by atoms with E-state index in [2.05, 4.69) is 9.61 Å². The quantitative estimate of drug-likeness (QED) is 0.247. The van der Waals surface area contributed by atoms with Gasteiger partial charge in [-0.2, -0.15) is 8.42 Å². The molecule has 0 fully saturated rings. The first-order valence-electron chi connectivity index (χ1n) is 1.46. The van der Waals surface area contributed by atoms with Gasteiger partial charge in [0.05, 0.1) is 0 Å². The summed E-state index contributed by atoms with van der Waals surface area (Å²) < 4.78 is 44.0. The van der Waals surface area contributed by atoms with E-state index < -0.39 is 20.0 Å². The van der Waals surface area contributed by atoms with Crippen LogP contribution in [0.1, 0.15) is 0 Å². The fourth-order valence-corrected chi connectivity index (χ4v) is 0.0456. The van der Waals surface area contributed by atoms with Gasteiger partial charge in [-0.1, -0.05) is 0 Å². The minimum absolute atomic E-state index is 0. The Morgan fingerprint density at radius 2 is 1.55 bits per heavy atom. The van der Waals surface area contributed by atoms with E-state index in [1.165, 1.54) is 0 Å². The van der Waals surface area contributed by atoms with Crippen LogP contribution in [0.2, 0.25) is 0 Å². The Hall–Kier alpha value is 0.490. The molecular weight excluding hydrogens is 279 g/mol. The van der Waals surface area contributed by atoms with Crippen LogP contribution in [0.15, 0.2) is 0 Å². The maximum atomic E-state index is 9.05. The summed E-state index contributed by atoms with van der Waals surface area (Å²) >= 11 is 0. The predicted octanol–water partition coefficient (Wildman–Crippen LogP) is -1.28. The molecule has 0 rings (SSSR count). The first kappa shape index (κ1) is 17.5. The second-order valence-electron chi connectivity index (χ2n) is 0.689. The third-order valence-electron chi connectivity index (χ3n) is 0.0713. The summed E-state index contributed by atoms with van der Waals surface area (Å²) in [5.41, 5.74) is 0. The van der Waals surface area contributed by atoms with Gasteiger partial charge in [-0.25, -0.2) is 5.26 Å². The molecule has 0 heterocycles. The minimum atomic E-state index is -4.67. The van der Waals surface area contributed by atoms with Crippen molar-refractivity contribution in [1.82, 2.24) is 0 Å². The smallest absolute Gasteiger partial charge is 0.327 e. The van der Waals surface area contributed by atoms with Crippen molar-refractivity contribution < 1.29 is 63.1 Å². The van der Waals surface area contributed by atoms with E-state index in [0.29, 0.717) is 0 Å². The molecule has 0 aliphatic rings. The standard InChI is InChI=1S/H2O4S.HO4Si.Zr/c1-5(2,3)4;1-3-4-5-2;/h(H2,1,2,3,4);1H;. The molecule has 11 heteroatoms. The van der Waals surface area contributed by atoms with Crippen LogP contribution in [0.25, 0.3) is 0 Å². The van der Waals surface area contributed by atoms with Crippen molar-refractivity contribution in [2.24, 2.45) is 0 Å². The molecule has 0 amide bonds. The van der Waals surface area contributed by atoms with Gasteiger partial charge in [-0.3, -0.25) is 9.11 Å². The molecule has 8 nitrogen and oxygen atoms in total. The third-order valence-corrected chi connectivity index (χ3v) is 0.214. The van der Waals surface area contributed by atoms with E-state index in [9.17, 15) is 0 Å². The monoisotopic (exact) mass is 281 g/mol. The zero-order chi connectivity index (χ0) is 8.62. The van der Waals surface area contributed by atoms with Gasteiger partial charge in [0.25, 0.3) is 0 Å². The topological polar surface area (TPSA) is 130 Å². The molecule has 11 heavy (non-hydrogen) atoms. The summed E-state index contributed by atoms with van der Waals surface area (Å²) in [6.45, 7) is 0. The molecule has 0 spiro atoms. The summed E-state index contributed by atoms with van der Waals surface area (Å²) in [6.07, 6.45) is 0. The predicted molar refractivity (Wildman–Crippen MR) is 25.4 cm³/mol. The van der Waals surface area contributed by atoms with E-state index in [0.717, 1.165) is 0 Å². The molecule has 0 aliphatic carbocycles. The number of hydrogen-bond donors (Lipinski definition) is 3. The van der Waals surface area contributed by atoms with E-state index in [4.69, 9.17) is 27.2 Å². The Morgan fingerprint density at radius 3 is 1.55 bits per heavy atom. The van der Waals surface area contributed by atoms with Crippen molar-refractivity contribution in [2.75, 3.05) is 0 Å². The van der Waals surface area contributed by atoms with Crippen molar-refractivity contribution in [3.05, 3.63) is 0 Å². The third kappa shape index (κ3) is 122. The molecule has 0 atom stereocenters. The van der Waals surface area contributed by atoms with Crippen LogP contribution in [0.3, 0.4) is 0 Å². The first-order chi connectivity index (χ1) is 4.41. The molecule has 0 aromatic rings. The summed E-state index contributed by atoms with van der Waals surface area (Å²) in [5, 5.41) is 10.0. The average Bonchev–Trinajstić information content (AvgIpc) is 1.63. The Labute approximate surface area is 83.1 Å². The molecule has 0 aliphatic heterocycles. The van der Waals surface area contributed by atoms with Gasteiger partial charge in [-0.05, 0) is 5.04 Å². The Morgan fingerprint density at radius 1 is 1.27 bits per heavy atom. The van der Waals surface area contributed by atoms with Crippen molar-refractivity contribution in [3.63, 3.8) is 0 Å². The minimum Gasteiger partial charge on any atom is -0.327 e. The van der Waals surface area contributed by atoms with Gasteiger partial charge in [0.1, 0.15) is 0 Å². The Balaban J connectivity index is -0.000000107. The first-order valence-corrected chi connectivity index (χ1v) is 3.67. The van der Waals surface area contributed by atoms with E-state index in [-0.39, 0.29) is 26.2 Å². The largest absolute Gasteiger partial charge is 0.632 e. The van der Waals surface area contributed by atoms with Gasteiger partial charge >= 0.3 is 20.0 Å². The summed E-state index contributed by atoms with van der Waals surface area (Å²) in [5.74, 6) is 0. The zero-order valence-electron chi connectivity index (χ0n) is 4.79. The van der Waals surface area contributed by atoms with E-state index >= 15 is 0 Å². The molecule has 65 valence electrons. The van der Waals surface area contributed by atoms with Gasteiger partial charge in [0, 0.05) is 26.2 Å². The second-order valence-corrected chi connectivity index (χ2v) is 1.92. The molecule has 0 unspecified atom stereocenters.